The van der Waals surface area contributed by atoms with E-state index < -0.39 is 35.3 Å². The first-order valence-corrected chi connectivity index (χ1v) is 7.61. The largest absolute Gasteiger partial charge is 0.340 e. The van der Waals surface area contributed by atoms with Crippen molar-refractivity contribution in [3.8, 4) is 0 Å². The number of hydrogen-bond donors (Lipinski definition) is 2. The summed E-state index contributed by atoms with van der Waals surface area (Å²) in [5.74, 6) is -4.12. The van der Waals surface area contributed by atoms with E-state index in [1.54, 1.807) is 13.8 Å². The smallest absolute Gasteiger partial charge is 0.254 e. The maximum atomic E-state index is 13.7. The number of halogens is 3. The van der Waals surface area contributed by atoms with Crippen molar-refractivity contribution in [2.24, 2.45) is 5.92 Å². The van der Waals surface area contributed by atoms with Gasteiger partial charge < -0.3 is 10.6 Å². The summed E-state index contributed by atoms with van der Waals surface area (Å²) in [4.78, 5) is 24.6. The summed E-state index contributed by atoms with van der Waals surface area (Å²) in [6.07, 6.45) is 0. The Morgan fingerprint density at radius 2 is 1.64 bits per heavy atom. The van der Waals surface area contributed by atoms with E-state index in [0.717, 1.165) is 24.3 Å². The van der Waals surface area contributed by atoms with E-state index in [1.807, 2.05) is 0 Å². The summed E-state index contributed by atoms with van der Waals surface area (Å²) in [7, 11) is 0. The molecule has 0 aliphatic rings. The summed E-state index contributed by atoms with van der Waals surface area (Å²) in [5, 5.41) is 4.66. The number of benzene rings is 2. The van der Waals surface area contributed by atoms with Crippen LogP contribution in [-0.4, -0.2) is 17.9 Å². The third-order valence-corrected chi connectivity index (χ3v) is 3.54. The van der Waals surface area contributed by atoms with Gasteiger partial charge in [0.1, 0.15) is 23.5 Å². The zero-order valence-electron chi connectivity index (χ0n) is 13.6. The van der Waals surface area contributed by atoms with Gasteiger partial charge in [-0.25, -0.2) is 13.2 Å². The SMILES string of the molecule is CC(C)[C@H](NC(=O)c1ccccc1F)C(=O)Nc1cc(F)ccc1F. The van der Waals surface area contributed by atoms with E-state index in [0.29, 0.717) is 0 Å². The molecule has 4 nitrogen and oxygen atoms in total. The zero-order valence-corrected chi connectivity index (χ0v) is 13.6. The molecule has 0 aliphatic carbocycles. The first-order chi connectivity index (χ1) is 11.8. The van der Waals surface area contributed by atoms with Gasteiger partial charge in [-0.3, -0.25) is 9.59 Å². The van der Waals surface area contributed by atoms with E-state index in [4.69, 9.17) is 0 Å². The highest BCUT2D eigenvalue weighted by Gasteiger charge is 2.26. The molecule has 2 aromatic carbocycles. The fraction of sp³-hybridized carbons (Fsp3) is 0.222. The number of nitrogens with one attached hydrogen (secondary N) is 2. The van der Waals surface area contributed by atoms with Gasteiger partial charge in [0, 0.05) is 6.07 Å². The fourth-order valence-electron chi connectivity index (χ4n) is 2.20. The van der Waals surface area contributed by atoms with Crippen LogP contribution in [0, 0.1) is 23.4 Å². The van der Waals surface area contributed by atoms with Crippen molar-refractivity contribution in [3.05, 3.63) is 65.5 Å². The van der Waals surface area contributed by atoms with E-state index >= 15 is 0 Å². The molecule has 2 rings (SSSR count). The van der Waals surface area contributed by atoms with Gasteiger partial charge in [0.2, 0.25) is 5.91 Å². The number of amides is 2. The van der Waals surface area contributed by atoms with Crippen LogP contribution >= 0.6 is 0 Å². The van der Waals surface area contributed by atoms with Crippen LogP contribution in [0.25, 0.3) is 0 Å². The lowest BCUT2D eigenvalue weighted by Gasteiger charge is -2.22. The lowest BCUT2D eigenvalue weighted by molar-refractivity contribution is -0.118. The van der Waals surface area contributed by atoms with Crippen LogP contribution in [0.15, 0.2) is 42.5 Å². The molecule has 0 saturated heterocycles. The standard InChI is InChI=1S/C18H17F3N2O2/c1-10(2)16(23-17(24)12-5-3-4-6-13(12)20)18(25)22-15-9-11(19)7-8-14(15)21/h3-10,16H,1-2H3,(H,22,25)(H,23,24)/t16-/m0/s1. The van der Waals surface area contributed by atoms with E-state index in [1.165, 1.54) is 18.2 Å². The molecule has 0 unspecified atom stereocenters. The van der Waals surface area contributed by atoms with Crippen molar-refractivity contribution in [3.63, 3.8) is 0 Å². The van der Waals surface area contributed by atoms with E-state index in [9.17, 15) is 22.8 Å². The van der Waals surface area contributed by atoms with Crippen LogP contribution < -0.4 is 10.6 Å². The van der Waals surface area contributed by atoms with E-state index in [-0.39, 0.29) is 17.2 Å². The van der Waals surface area contributed by atoms with Gasteiger partial charge in [-0.2, -0.15) is 0 Å². The predicted molar refractivity (Wildman–Crippen MR) is 87.5 cm³/mol. The summed E-state index contributed by atoms with van der Waals surface area (Å²) in [5.41, 5.74) is -0.548. The van der Waals surface area contributed by atoms with Crippen LogP contribution in [0.3, 0.4) is 0 Å². The second-order valence-electron chi connectivity index (χ2n) is 5.79. The lowest BCUT2D eigenvalue weighted by Crippen LogP contribution is -2.47. The predicted octanol–water partition coefficient (Wildman–Crippen LogP) is 3.50. The molecule has 0 spiro atoms. The molecule has 0 heterocycles. The quantitative estimate of drug-likeness (QED) is 0.867. The normalized spacial score (nSPS) is 11.9. The molecule has 25 heavy (non-hydrogen) atoms. The Kier molecular flexibility index (Phi) is 5.80. The third-order valence-electron chi connectivity index (χ3n) is 3.54. The van der Waals surface area contributed by atoms with Gasteiger partial charge in [0.05, 0.1) is 11.3 Å². The number of carbonyl (C=O) groups is 2. The molecule has 2 aromatic rings. The van der Waals surface area contributed by atoms with Gasteiger partial charge in [0.25, 0.3) is 5.91 Å². The fourth-order valence-corrected chi connectivity index (χ4v) is 2.20. The van der Waals surface area contributed by atoms with Gasteiger partial charge in [0.15, 0.2) is 0 Å². The Morgan fingerprint density at radius 3 is 2.28 bits per heavy atom. The number of hydrogen-bond acceptors (Lipinski definition) is 2. The molecule has 0 radical (unpaired) electrons. The van der Waals surface area contributed by atoms with Crippen molar-refractivity contribution < 1.29 is 22.8 Å². The minimum absolute atomic E-state index is 0.210. The van der Waals surface area contributed by atoms with Crippen molar-refractivity contribution in [1.82, 2.24) is 5.32 Å². The number of carbonyl (C=O) groups excluding carboxylic acids is 2. The highest BCUT2D eigenvalue weighted by atomic mass is 19.1. The van der Waals surface area contributed by atoms with Crippen LogP contribution in [0.4, 0.5) is 18.9 Å². The second-order valence-corrected chi connectivity index (χ2v) is 5.79. The van der Waals surface area contributed by atoms with Crippen molar-refractivity contribution in [2.45, 2.75) is 19.9 Å². The van der Waals surface area contributed by atoms with Gasteiger partial charge >= 0.3 is 0 Å². The molecule has 0 bridgehead atoms. The zero-order chi connectivity index (χ0) is 18.6. The molecule has 2 N–H and O–H groups in total. The van der Waals surface area contributed by atoms with Crippen LogP contribution in [0.1, 0.15) is 24.2 Å². The van der Waals surface area contributed by atoms with Gasteiger partial charge in [-0.05, 0) is 30.2 Å². The Bertz CT molecular complexity index is 794. The first-order valence-electron chi connectivity index (χ1n) is 7.61. The second kappa shape index (κ2) is 7.83. The maximum Gasteiger partial charge on any atom is 0.254 e. The molecule has 7 heteroatoms. The molecule has 2 amide bonds. The molecular formula is C18H17F3N2O2. The molecular weight excluding hydrogens is 333 g/mol. The molecule has 1 atom stereocenters. The third kappa shape index (κ3) is 4.59. The Hall–Kier alpha value is -2.83. The van der Waals surface area contributed by atoms with Crippen LogP contribution in [0.5, 0.6) is 0 Å². The highest BCUT2D eigenvalue weighted by Crippen LogP contribution is 2.17. The average Bonchev–Trinajstić information content (AvgIpc) is 2.55. The maximum absolute atomic E-state index is 13.7. The minimum atomic E-state index is -1.06. The Morgan fingerprint density at radius 1 is 0.960 bits per heavy atom. The van der Waals surface area contributed by atoms with Gasteiger partial charge in [-0.15, -0.1) is 0 Å². The molecule has 0 fully saturated rings. The lowest BCUT2D eigenvalue weighted by atomic mass is 10.0. The minimum Gasteiger partial charge on any atom is -0.340 e. The molecule has 0 saturated carbocycles. The average molecular weight is 350 g/mol. The molecule has 0 aliphatic heterocycles. The summed E-state index contributed by atoms with van der Waals surface area (Å²) >= 11 is 0. The number of rotatable bonds is 5. The van der Waals surface area contributed by atoms with Crippen molar-refractivity contribution >= 4 is 17.5 Å². The molecule has 132 valence electrons. The highest BCUT2D eigenvalue weighted by molar-refractivity contribution is 6.01. The molecule has 0 aromatic heterocycles. The van der Waals surface area contributed by atoms with Crippen LogP contribution in [-0.2, 0) is 4.79 Å². The summed E-state index contributed by atoms with van der Waals surface area (Å²) in [6, 6.07) is 6.92. The summed E-state index contributed by atoms with van der Waals surface area (Å²) in [6.45, 7) is 3.32. The number of anilines is 1. The van der Waals surface area contributed by atoms with E-state index in [2.05, 4.69) is 10.6 Å². The van der Waals surface area contributed by atoms with Crippen LogP contribution in [0.2, 0.25) is 0 Å². The van der Waals surface area contributed by atoms with Gasteiger partial charge in [-0.1, -0.05) is 26.0 Å². The summed E-state index contributed by atoms with van der Waals surface area (Å²) < 4.78 is 40.5. The topological polar surface area (TPSA) is 58.2 Å². The van der Waals surface area contributed by atoms with Crippen molar-refractivity contribution in [2.75, 3.05) is 5.32 Å². The Labute approximate surface area is 143 Å². The first kappa shape index (κ1) is 18.5. The Balaban J connectivity index is 2.17. The monoisotopic (exact) mass is 350 g/mol. The van der Waals surface area contributed by atoms with Crippen molar-refractivity contribution in [1.29, 1.82) is 0 Å².